The summed E-state index contributed by atoms with van der Waals surface area (Å²) in [5.74, 6) is 2.53. The van der Waals surface area contributed by atoms with Crippen LogP contribution in [0.25, 0.3) is 0 Å². The van der Waals surface area contributed by atoms with Crippen LogP contribution in [0.5, 0.6) is 0 Å². The van der Waals surface area contributed by atoms with Crippen LogP contribution in [0.1, 0.15) is 99.8 Å². The smallest absolute Gasteiger partial charge is 0.0629 e. The predicted octanol–water partition coefficient (Wildman–Crippen LogP) is 5.97. The first-order valence-corrected chi connectivity index (χ1v) is 13.9. The summed E-state index contributed by atoms with van der Waals surface area (Å²) in [6.45, 7) is 17.0. The molecule has 33 heavy (non-hydrogen) atoms. The highest BCUT2D eigenvalue weighted by Gasteiger charge is 2.71. The van der Waals surface area contributed by atoms with Crippen molar-refractivity contribution in [1.82, 2.24) is 0 Å². The van der Waals surface area contributed by atoms with Crippen LogP contribution in [0.4, 0.5) is 0 Å². The molecule has 0 bridgehead atoms. The number of rotatable bonds is 1. The summed E-state index contributed by atoms with van der Waals surface area (Å²) in [6.07, 6.45) is 10.3. The number of hydrogen-bond acceptors (Lipinski definition) is 3. The largest absolute Gasteiger partial charge is 0.396 e. The lowest BCUT2D eigenvalue weighted by molar-refractivity contribution is -0.273. The number of allylic oxidation sites excluding steroid dienone is 2. The molecule has 0 saturated heterocycles. The number of hydrogen-bond donors (Lipinski definition) is 3. The van der Waals surface area contributed by atoms with Crippen LogP contribution in [0, 0.1) is 56.7 Å². The zero-order chi connectivity index (χ0) is 24.2. The molecule has 5 rings (SSSR count). The summed E-state index contributed by atoms with van der Waals surface area (Å²) in [6, 6.07) is 0. The predicted molar refractivity (Wildman–Crippen MR) is 133 cm³/mol. The van der Waals surface area contributed by atoms with E-state index in [1.807, 2.05) is 0 Å². The lowest BCUT2D eigenvalue weighted by Crippen LogP contribution is -2.70. The van der Waals surface area contributed by atoms with E-state index in [0.717, 1.165) is 25.7 Å². The third kappa shape index (κ3) is 2.80. The van der Waals surface area contributed by atoms with Gasteiger partial charge in [0.05, 0.1) is 18.8 Å². The molecule has 0 aromatic carbocycles. The number of fused-ring (bicyclic) bond motifs is 7. The van der Waals surface area contributed by atoms with Gasteiger partial charge in [-0.2, -0.15) is 0 Å². The van der Waals surface area contributed by atoms with E-state index in [1.165, 1.54) is 31.3 Å². The Morgan fingerprint density at radius 2 is 1.58 bits per heavy atom. The van der Waals surface area contributed by atoms with Crippen molar-refractivity contribution in [3.63, 3.8) is 0 Å². The number of aliphatic hydroxyl groups is 3. The van der Waals surface area contributed by atoms with Crippen molar-refractivity contribution in [1.29, 1.82) is 0 Å². The molecule has 0 aromatic rings. The molecule has 0 unspecified atom stereocenters. The fourth-order valence-corrected chi connectivity index (χ4v) is 11.4. The Morgan fingerprint density at radius 3 is 2.24 bits per heavy atom. The summed E-state index contributed by atoms with van der Waals surface area (Å²) in [4.78, 5) is 0. The van der Waals surface area contributed by atoms with Gasteiger partial charge in [-0.25, -0.2) is 0 Å². The lowest BCUT2D eigenvalue weighted by Gasteiger charge is -2.74. The van der Waals surface area contributed by atoms with Gasteiger partial charge in [0, 0.05) is 5.41 Å². The molecule has 0 spiro atoms. The quantitative estimate of drug-likeness (QED) is 0.424. The van der Waals surface area contributed by atoms with Gasteiger partial charge in [0.2, 0.25) is 0 Å². The normalized spacial score (nSPS) is 57.8. The molecule has 0 aromatic heterocycles. The van der Waals surface area contributed by atoms with Crippen molar-refractivity contribution in [2.45, 2.75) is 112 Å². The lowest BCUT2D eigenvalue weighted by atomic mass is 9.31. The molecule has 5 aliphatic rings. The van der Waals surface area contributed by atoms with E-state index in [9.17, 15) is 15.3 Å². The summed E-state index contributed by atoms with van der Waals surface area (Å²) >= 11 is 0. The average molecular weight is 459 g/mol. The minimum atomic E-state index is -0.439. The van der Waals surface area contributed by atoms with Crippen LogP contribution in [-0.2, 0) is 0 Å². The Morgan fingerprint density at radius 1 is 0.879 bits per heavy atom. The standard InChI is InChI=1S/C30H50O3/c1-18-10-15-30(17-31)24(33)16-29(7)20(25(30)19(18)2)8-9-22-27(5)13-12-23(32)26(3,4)21(27)11-14-28(22,29)6/h10,19-25,31-33H,8-9,11-17H2,1-7H3/t19-,20-,21+,22-,23+,24+,25+,27+,28-,29-,30+/m1/s1. The van der Waals surface area contributed by atoms with Crippen LogP contribution < -0.4 is 0 Å². The fraction of sp³-hybridized carbons (Fsp3) is 0.933. The van der Waals surface area contributed by atoms with Crippen molar-refractivity contribution < 1.29 is 15.3 Å². The summed E-state index contributed by atoms with van der Waals surface area (Å²) < 4.78 is 0. The van der Waals surface area contributed by atoms with Gasteiger partial charge in [-0.15, -0.1) is 0 Å². The molecule has 11 atom stereocenters. The first-order valence-electron chi connectivity index (χ1n) is 13.9. The Kier molecular flexibility index (Phi) is 5.40. The highest BCUT2D eigenvalue weighted by Crippen LogP contribution is 2.76. The Hall–Kier alpha value is -0.380. The molecular formula is C30H50O3. The second-order valence-electron chi connectivity index (χ2n) is 14.6. The topological polar surface area (TPSA) is 60.7 Å². The zero-order valence-electron chi connectivity index (χ0n) is 22.3. The summed E-state index contributed by atoms with van der Waals surface area (Å²) in [5.41, 5.74) is 1.59. The molecule has 0 aliphatic heterocycles. The van der Waals surface area contributed by atoms with Crippen LogP contribution >= 0.6 is 0 Å². The maximum atomic E-state index is 11.8. The average Bonchev–Trinajstić information content (AvgIpc) is 2.74. The van der Waals surface area contributed by atoms with Crippen molar-refractivity contribution in [2.24, 2.45) is 56.7 Å². The highest BCUT2D eigenvalue weighted by molar-refractivity contribution is 5.24. The minimum absolute atomic E-state index is 0.0238. The first-order chi connectivity index (χ1) is 15.3. The van der Waals surface area contributed by atoms with E-state index in [1.54, 1.807) is 0 Å². The van der Waals surface area contributed by atoms with Gasteiger partial charge in [-0.05, 0) is 110 Å². The summed E-state index contributed by atoms with van der Waals surface area (Å²) in [7, 11) is 0. The van der Waals surface area contributed by atoms with E-state index in [4.69, 9.17) is 0 Å². The van der Waals surface area contributed by atoms with Gasteiger partial charge in [0.15, 0.2) is 0 Å². The molecule has 4 saturated carbocycles. The molecule has 3 nitrogen and oxygen atoms in total. The number of aliphatic hydroxyl groups excluding tert-OH is 3. The second-order valence-corrected chi connectivity index (χ2v) is 14.6. The minimum Gasteiger partial charge on any atom is -0.396 e. The second kappa shape index (κ2) is 7.32. The van der Waals surface area contributed by atoms with Crippen LogP contribution in [0.2, 0.25) is 0 Å². The molecule has 5 aliphatic carbocycles. The maximum absolute atomic E-state index is 11.8. The van der Waals surface area contributed by atoms with E-state index in [-0.39, 0.29) is 39.8 Å². The van der Waals surface area contributed by atoms with Crippen LogP contribution in [0.3, 0.4) is 0 Å². The molecular weight excluding hydrogens is 408 g/mol. The van der Waals surface area contributed by atoms with E-state index < -0.39 is 6.10 Å². The van der Waals surface area contributed by atoms with Crippen molar-refractivity contribution in [2.75, 3.05) is 6.61 Å². The van der Waals surface area contributed by atoms with Gasteiger partial charge in [-0.3, -0.25) is 0 Å². The zero-order valence-corrected chi connectivity index (χ0v) is 22.3. The molecule has 0 heterocycles. The Labute approximate surface area is 202 Å². The van der Waals surface area contributed by atoms with Gasteiger partial charge >= 0.3 is 0 Å². The van der Waals surface area contributed by atoms with Crippen LogP contribution in [0.15, 0.2) is 11.6 Å². The van der Waals surface area contributed by atoms with Gasteiger partial charge in [0.25, 0.3) is 0 Å². The van der Waals surface area contributed by atoms with Gasteiger partial charge in [-0.1, -0.05) is 53.2 Å². The molecule has 3 heteroatoms. The third-order valence-electron chi connectivity index (χ3n) is 13.7. The molecule has 188 valence electrons. The van der Waals surface area contributed by atoms with E-state index in [2.05, 4.69) is 54.5 Å². The van der Waals surface area contributed by atoms with E-state index >= 15 is 0 Å². The maximum Gasteiger partial charge on any atom is 0.0629 e. The Balaban J connectivity index is 1.58. The monoisotopic (exact) mass is 458 g/mol. The highest BCUT2D eigenvalue weighted by atomic mass is 16.3. The van der Waals surface area contributed by atoms with Crippen LogP contribution in [-0.4, -0.2) is 34.1 Å². The fourth-order valence-electron chi connectivity index (χ4n) is 11.4. The van der Waals surface area contributed by atoms with Gasteiger partial charge < -0.3 is 15.3 Å². The SMILES string of the molecule is CC1=CC[C@@]2(CO)[C@@H]([C@@H]1C)[C@H]1CC[C@@H]3[C@@]4(C)CC[C@H](O)C(C)(C)[C@@H]4CC[C@@]3(C)[C@]1(C)C[C@@H]2O. The van der Waals surface area contributed by atoms with Crippen molar-refractivity contribution in [3.8, 4) is 0 Å². The van der Waals surface area contributed by atoms with Crippen molar-refractivity contribution in [3.05, 3.63) is 11.6 Å². The van der Waals surface area contributed by atoms with Gasteiger partial charge in [0.1, 0.15) is 0 Å². The van der Waals surface area contributed by atoms with E-state index in [0.29, 0.717) is 29.6 Å². The first kappa shape index (κ1) is 24.3. The molecule has 4 fully saturated rings. The third-order valence-corrected chi connectivity index (χ3v) is 13.7. The molecule has 0 amide bonds. The molecule has 0 radical (unpaired) electrons. The van der Waals surface area contributed by atoms with Crippen molar-refractivity contribution >= 4 is 0 Å². The summed E-state index contributed by atoms with van der Waals surface area (Å²) in [5, 5.41) is 33.3. The molecule has 3 N–H and O–H groups in total. The Bertz CT molecular complexity index is 832.